The van der Waals surface area contributed by atoms with E-state index in [1.165, 1.54) is 12.1 Å². The summed E-state index contributed by atoms with van der Waals surface area (Å²) in [5.41, 5.74) is 2.50. The first-order valence-electron chi connectivity index (χ1n) is 10.0. The maximum Gasteiger partial charge on any atom is 0.261 e. The van der Waals surface area contributed by atoms with E-state index in [1.54, 1.807) is 47.0 Å². The van der Waals surface area contributed by atoms with Gasteiger partial charge in [-0.3, -0.25) is 19.2 Å². The lowest BCUT2D eigenvalue weighted by molar-refractivity contribution is -0.116. The van der Waals surface area contributed by atoms with E-state index in [2.05, 4.69) is 20.2 Å². The summed E-state index contributed by atoms with van der Waals surface area (Å²) in [6.07, 6.45) is 0. The Labute approximate surface area is 196 Å². The van der Waals surface area contributed by atoms with Crippen molar-refractivity contribution in [3.8, 4) is 11.4 Å². The number of aromatic amines is 1. The number of carbonyl (C=O) groups is 1. The summed E-state index contributed by atoms with van der Waals surface area (Å²) in [5.74, 6) is 0.153. The first-order chi connectivity index (χ1) is 15.8. The van der Waals surface area contributed by atoms with Gasteiger partial charge in [-0.1, -0.05) is 60.2 Å². The van der Waals surface area contributed by atoms with E-state index in [0.29, 0.717) is 16.3 Å². The number of hydrogen-bond donors (Lipinski definition) is 3. The molecule has 1 heterocycles. The SMILES string of the molecule is Cc1ccc(-c2n[nH]c(=S)n2CC(=O)Nc2ccccc2NS(=O)(=O)c2ccccc2)cc1. The van der Waals surface area contributed by atoms with Crippen LogP contribution in [0.1, 0.15) is 5.56 Å². The number of aryl methyl sites for hydroxylation is 1. The van der Waals surface area contributed by atoms with E-state index in [0.717, 1.165) is 11.1 Å². The lowest BCUT2D eigenvalue weighted by Gasteiger charge is -2.14. The third kappa shape index (κ3) is 5.18. The molecule has 0 saturated heterocycles. The van der Waals surface area contributed by atoms with E-state index < -0.39 is 10.0 Å². The molecule has 0 aliphatic carbocycles. The number of hydrogen-bond acceptors (Lipinski definition) is 5. The van der Waals surface area contributed by atoms with Crippen LogP contribution < -0.4 is 10.0 Å². The Hall–Kier alpha value is -3.76. The molecule has 4 aromatic rings. The molecule has 0 saturated carbocycles. The molecule has 0 aliphatic rings. The topological polar surface area (TPSA) is 109 Å². The molecular weight excluding hydrogens is 458 g/mol. The van der Waals surface area contributed by atoms with Crippen molar-refractivity contribution in [2.24, 2.45) is 0 Å². The van der Waals surface area contributed by atoms with Crippen molar-refractivity contribution in [2.75, 3.05) is 10.0 Å². The second-order valence-corrected chi connectivity index (χ2v) is 9.39. The number of para-hydroxylation sites is 2. The number of benzene rings is 3. The molecular formula is C23H21N5O3S2. The number of sulfonamides is 1. The van der Waals surface area contributed by atoms with Gasteiger partial charge in [-0.2, -0.15) is 5.10 Å². The number of aromatic nitrogens is 3. The summed E-state index contributed by atoms with van der Waals surface area (Å²) in [6, 6.07) is 22.3. The van der Waals surface area contributed by atoms with Crippen molar-refractivity contribution in [1.82, 2.24) is 14.8 Å². The number of anilines is 2. The minimum Gasteiger partial charge on any atom is -0.323 e. The lowest BCUT2D eigenvalue weighted by Crippen LogP contribution is -2.21. The molecule has 8 nitrogen and oxygen atoms in total. The van der Waals surface area contributed by atoms with Crippen LogP contribution >= 0.6 is 12.2 Å². The third-order valence-corrected chi connectivity index (χ3v) is 6.56. The second kappa shape index (κ2) is 9.39. The summed E-state index contributed by atoms with van der Waals surface area (Å²) in [7, 11) is -3.81. The molecule has 3 aromatic carbocycles. The number of rotatable bonds is 7. The first kappa shape index (κ1) is 22.4. The normalized spacial score (nSPS) is 11.2. The van der Waals surface area contributed by atoms with Crippen LogP contribution in [-0.4, -0.2) is 29.1 Å². The van der Waals surface area contributed by atoms with Crippen LogP contribution in [0.2, 0.25) is 0 Å². The van der Waals surface area contributed by atoms with Gasteiger partial charge in [0.2, 0.25) is 5.91 Å². The molecule has 0 fully saturated rings. The molecule has 1 amide bonds. The van der Waals surface area contributed by atoms with Gasteiger partial charge in [0.1, 0.15) is 6.54 Å². The Morgan fingerprint density at radius 3 is 2.30 bits per heavy atom. The predicted molar refractivity (Wildman–Crippen MR) is 130 cm³/mol. The van der Waals surface area contributed by atoms with Gasteiger partial charge in [-0.25, -0.2) is 8.42 Å². The maximum absolute atomic E-state index is 12.9. The van der Waals surface area contributed by atoms with E-state index in [9.17, 15) is 13.2 Å². The fraction of sp³-hybridized carbons (Fsp3) is 0.0870. The third-order valence-electron chi connectivity index (χ3n) is 4.87. The number of H-pyrrole nitrogens is 1. The average molecular weight is 480 g/mol. The van der Waals surface area contributed by atoms with Crippen LogP contribution in [-0.2, 0) is 21.4 Å². The Balaban J connectivity index is 1.55. The van der Waals surface area contributed by atoms with E-state index >= 15 is 0 Å². The second-order valence-electron chi connectivity index (χ2n) is 7.32. The van der Waals surface area contributed by atoms with Gasteiger partial charge in [0.25, 0.3) is 10.0 Å². The van der Waals surface area contributed by atoms with Crippen LogP contribution in [0.4, 0.5) is 11.4 Å². The largest absolute Gasteiger partial charge is 0.323 e. The smallest absolute Gasteiger partial charge is 0.261 e. The lowest BCUT2D eigenvalue weighted by atomic mass is 10.1. The zero-order valence-corrected chi connectivity index (χ0v) is 19.3. The van der Waals surface area contributed by atoms with Crippen molar-refractivity contribution in [3.63, 3.8) is 0 Å². The van der Waals surface area contributed by atoms with Crippen molar-refractivity contribution < 1.29 is 13.2 Å². The van der Waals surface area contributed by atoms with Crippen molar-refractivity contribution in [2.45, 2.75) is 18.4 Å². The molecule has 10 heteroatoms. The fourth-order valence-corrected chi connectivity index (χ4v) is 4.50. The van der Waals surface area contributed by atoms with E-state index in [4.69, 9.17) is 12.2 Å². The van der Waals surface area contributed by atoms with Gasteiger partial charge in [-0.15, -0.1) is 0 Å². The molecule has 0 aliphatic heterocycles. The number of nitrogens with one attached hydrogen (secondary N) is 3. The summed E-state index contributed by atoms with van der Waals surface area (Å²) in [4.78, 5) is 13.0. The quantitative estimate of drug-likeness (QED) is 0.341. The number of amides is 1. The van der Waals surface area contributed by atoms with Gasteiger partial charge >= 0.3 is 0 Å². The zero-order valence-electron chi connectivity index (χ0n) is 17.6. The summed E-state index contributed by atoms with van der Waals surface area (Å²) < 4.78 is 29.9. The minimum absolute atomic E-state index is 0.0989. The molecule has 1 aromatic heterocycles. The Kier molecular flexibility index (Phi) is 6.38. The van der Waals surface area contributed by atoms with Crippen molar-refractivity contribution >= 4 is 39.5 Å². The molecule has 33 heavy (non-hydrogen) atoms. The van der Waals surface area contributed by atoms with Gasteiger partial charge in [0.05, 0.1) is 16.3 Å². The highest BCUT2D eigenvalue weighted by Crippen LogP contribution is 2.25. The average Bonchev–Trinajstić information content (AvgIpc) is 3.16. The van der Waals surface area contributed by atoms with Crippen LogP contribution in [0.15, 0.2) is 83.8 Å². The summed E-state index contributed by atoms with van der Waals surface area (Å²) in [6.45, 7) is 1.89. The fourth-order valence-electron chi connectivity index (χ4n) is 3.21. The zero-order chi connectivity index (χ0) is 23.4. The molecule has 168 valence electrons. The van der Waals surface area contributed by atoms with Gasteiger partial charge in [0, 0.05) is 5.56 Å². The monoisotopic (exact) mass is 479 g/mol. The van der Waals surface area contributed by atoms with Gasteiger partial charge in [0.15, 0.2) is 10.6 Å². The summed E-state index contributed by atoms with van der Waals surface area (Å²) >= 11 is 5.31. The number of nitrogens with zero attached hydrogens (tertiary/aromatic N) is 2. The highest BCUT2D eigenvalue weighted by atomic mass is 32.2. The molecule has 0 radical (unpaired) electrons. The standard InChI is InChI=1S/C23H21N5O3S2/c1-16-11-13-17(14-12-16)22-25-26-23(32)28(22)15-21(29)24-19-9-5-6-10-20(19)27-33(30,31)18-7-3-2-4-8-18/h2-14,27H,15H2,1H3,(H,24,29)(H,26,32). The Bertz CT molecular complexity index is 1440. The van der Waals surface area contributed by atoms with Crippen LogP contribution in [0.3, 0.4) is 0 Å². The highest BCUT2D eigenvalue weighted by Gasteiger charge is 2.17. The molecule has 3 N–H and O–H groups in total. The van der Waals surface area contributed by atoms with Crippen molar-refractivity contribution in [1.29, 1.82) is 0 Å². The highest BCUT2D eigenvalue weighted by molar-refractivity contribution is 7.92. The minimum atomic E-state index is -3.81. The van der Waals surface area contributed by atoms with E-state index in [1.807, 2.05) is 31.2 Å². The van der Waals surface area contributed by atoms with Crippen molar-refractivity contribution in [3.05, 3.63) is 89.2 Å². The Morgan fingerprint density at radius 2 is 1.61 bits per heavy atom. The molecule has 0 unspecified atom stereocenters. The molecule has 0 atom stereocenters. The van der Waals surface area contributed by atoms with Crippen LogP contribution in [0.5, 0.6) is 0 Å². The van der Waals surface area contributed by atoms with Crippen LogP contribution in [0, 0.1) is 11.7 Å². The molecule has 0 spiro atoms. The molecule has 0 bridgehead atoms. The van der Waals surface area contributed by atoms with Crippen LogP contribution in [0.25, 0.3) is 11.4 Å². The molecule has 4 rings (SSSR count). The predicted octanol–water partition coefficient (Wildman–Crippen LogP) is 4.36. The Morgan fingerprint density at radius 1 is 0.970 bits per heavy atom. The first-order valence-corrected chi connectivity index (χ1v) is 11.9. The van der Waals surface area contributed by atoms with Gasteiger partial charge < -0.3 is 5.32 Å². The summed E-state index contributed by atoms with van der Waals surface area (Å²) in [5, 5.41) is 9.74. The maximum atomic E-state index is 12.9. The van der Waals surface area contributed by atoms with E-state index in [-0.39, 0.29) is 23.0 Å². The van der Waals surface area contributed by atoms with Gasteiger partial charge in [-0.05, 0) is 43.4 Å². The number of carbonyl (C=O) groups excluding carboxylic acids is 1.